The number of hydrogen-bond acceptors (Lipinski definition) is 4. The van der Waals surface area contributed by atoms with E-state index in [9.17, 15) is 5.11 Å². The molecular weight excluding hydrogens is 206 g/mol. The molecule has 0 aliphatic heterocycles. The van der Waals surface area contributed by atoms with E-state index in [4.69, 9.17) is 10.5 Å². The number of nitrogens with zero attached hydrogens (tertiary/aromatic N) is 1. The lowest BCUT2D eigenvalue weighted by Gasteiger charge is -2.10. The zero-order valence-electron chi connectivity index (χ0n) is 9.35. The Kier molecular flexibility index (Phi) is 5.77. The summed E-state index contributed by atoms with van der Waals surface area (Å²) in [5.41, 5.74) is 7.32. The van der Waals surface area contributed by atoms with Gasteiger partial charge < -0.3 is 20.6 Å². The number of aromatic nitrogens is 2. The number of nitrogens with one attached hydrogen (secondary N) is 1. The van der Waals surface area contributed by atoms with Crippen molar-refractivity contribution < 1.29 is 9.84 Å². The third kappa shape index (κ3) is 4.14. The fourth-order valence-electron chi connectivity index (χ4n) is 1.46. The quantitative estimate of drug-likeness (QED) is 0.430. The van der Waals surface area contributed by atoms with E-state index in [0.29, 0.717) is 26.2 Å². The molecule has 16 heavy (non-hydrogen) atoms. The highest BCUT2D eigenvalue weighted by Crippen LogP contribution is 2.06. The topological polar surface area (TPSA) is 84.2 Å². The van der Waals surface area contributed by atoms with Gasteiger partial charge in [0.05, 0.1) is 31.3 Å². The van der Waals surface area contributed by atoms with Crippen LogP contribution in [-0.2, 0) is 17.6 Å². The molecule has 0 saturated heterocycles. The fraction of sp³-hybridized carbons (Fsp3) is 0.545. The van der Waals surface area contributed by atoms with Crippen LogP contribution in [0.3, 0.4) is 0 Å². The predicted molar refractivity (Wildman–Crippen MR) is 62.1 cm³/mol. The summed E-state index contributed by atoms with van der Waals surface area (Å²) >= 11 is 0. The first-order valence-corrected chi connectivity index (χ1v) is 5.35. The minimum atomic E-state index is -0.531. The van der Waals surface area contributed by atoms with E-state index in [1.54, 1.807) is 12.4 Å². The second-order valence-corrected chi connectivity index (χ2v) is 3.55. The maximum atomic E-state index is 9.70. The molecule has 0 amide bonds. The molecule has 1 aromatic heterocycles. The van der Waals surface area contributed by atoms with Gasteiger partial charge in [-0.1, -0.05) is 6.08 Å². The van der Waals surface area contributed by atoms with E-state index in [1.165, 1.54) is 0 Å². The lowest BCUT2D eigenvalue weighted by atomic mass is 10.1. The Morgan fingerprint density at radius 1 is 1.69 bits per heavy atom. The largest absolute Gasteiger partial charge is 0.390 e. The number of rotatable bonds is 8. The number of aromatic amines is 1. The second-order valence-electron chi connectivity index (χ2n) is 3.55. The van der Waals surface area contributed by atoms with Gasteiger partial charge in [-0.3, -0.25) is 0 Å². The molecule has 0 bridgehead atoms. The summed E-state index contributed by atoms with van der Waals surface area (Å²) in [5.74, 6) is 0. The molecule has 1 unspecified atom stereocenters. The first-order chi connectivity index (χ1) is 7.77. The Bertz CT molecular complexity index is 312. The molecule has 0 fully saturated rings. The summed E-state index contributed by atoms with van der Waals surface area (Å²) in [6, 6.07) is 0. The minimum absolute atomic E-state index is 0.299. The van der Waals surface area contributed by atoms with Crippen LogP contribution in [0, 0.1) is 0 Å². The van der Waals surface area contributed by atoms with E-state index in [-0.39, 0.29) is 0 Å². The molecule has 0 aliphatic rings. The van der Waals surface area contributed by atoms with E-state index < -0.39 is 6.10 Å². The smallest absolute Gasteiger partial charge is 0.0925 e. The van der Waals surface area contributed by atoms with Gasteiger partial charge in [0.1, 0.15) is 0 Å². The van der Waals surface area contributed by atoms with Crippen molar-refractivity contribution >= 4 is 0 Å². The van der Waals surface area contributed by atoms with Crippen molar-refractivity contribution in [2.45, 2.75) is 18.9 Å². The molecule has 5 nitrogen and oxygen atoms in total. The molecule has 1 aromatic rings. The summed E-state index contributed by atoms with van der Waals surface area (Å²) in [5, 5.41) is 9.70. The van der Waals surface area contributed by atoms with Gasteiger partial charge >= 0.3 is 0 Å². The standard InChI is InChI=1S/C11H19N3O2/c1-2-5-16-7-9(15)6-11-10(3-4-12)13-8-14-11/h2,8-9,15H,1,3-7,12H2,(H,13,14). The molecule has 1 heterocycles. The predicted octanol–water partition coefficient (Wildman–Crippen LogP) is 0.0169. The normalized spacial score (nSPS) is 12.6. The molecule has 0 spiro atoms. The molecule has 1 atom stereocenters. The van der Waals surface area contributed by atoms with Crippen molar-refractivity contribution in [3.8, 4) is 0 Å². The molecule has 0 aliphatic carbocycles. The van der Waals surface area contributed by atoms with Crippen molar-refractivity contribution in [3.05, 3.63) is 30.4 Å². The zero-order valence-corrected chi connectivity index (χ0v) is 9.35. The minimum Gasteiger partial charge on any atom is -0.390 e. The first kappa shape index (κ1) is 12.9. The summed E-state index contributed by atoms with van der Waals surface area (Å²) in [6.07, 6.45) is 3.98. The van der Waals surface area contributed by atoms with Crippen molar-refractivity contribution in [2.24, 2.45) is 5.73 Å². The zero-order chi connectivity index (χ0) is 11.8. The summed E-state index contributed by atoms with van der Waals surface area (Å²) < 4.78 is 5.17. The second kappa shape index (κ2) is 7.16. The van der Waals surface area contributed by atoms with Gasteiger partial charge in [0.15, 0.2) is 0 Å². The lowest BCUT2D eigenvalue weighted by molar-refractivity contribution is 0.0491. The van der Waals surface area contributed by atoms with E-state index in [2.05, 4.69) is 16.5 Å². The number of H-pyrrole nitrogens is 1. The Hall–Kier alpha value is -1.17. The van der Waals surface area contributed by atoms with Crippen LogP contribution in [-0.4, -0.2) is 40.9 Å². The highest BCUT2D eigenvalue weighted by Gasteiger charge is 2.11. The third-order valence-electron chi connectivity index (χ3n) is 2.17. The molecule has 5 heteroatoms. The van der Waals surface area contributed by atoms with Gasteiger partial charge in [-0.2, -0.15) is 0 Å². The van der Waals surface area contributed by atoms with Gasteiger partial charge in [0.2, 0.25) is 0 Å². The Balaban J connectivity index is 2.39. The molecule has 0 aromatic carbocycles. The molecule has 0 saturated carbocycles. The molecule has 90 valence electrons. The monoisotopic (exact) mass is 225 g/mol. The van der Waals surface area contributed by atoms with Gasteiger partial charge in [-0.25, -0.2) is 4.98 Å². The van der Waals surface area contributed by atoms with Gasteiger partial charge in [0.25, 0.3) is 0 Å². The van der Waals surface area contributed by atoms with Crippen molar-refractivity contribution in [2.75, 3.05) is 19.8 Å². The first-order valence-electron chi connectivity index (χ1n) is 5.35. The van der Waals surface area contributed by atoms with Crippen molar-refractivity contribution in [3.63, 3.8) is 0 Å². The van der Waals surface area contributed by atoms with Crippen LogP contribution in [0.25, 0.3) is 0 Å². The maximum Gasteiger partial charge on any atom is 0.0925 e. The molecule has 0 radical (unpaired) electrons. The Morgan fingerprint density at radius 2 is 2.50 bits per heavy atom. The molecule has 4 N–H and O–H groups in total. The van der Waals surface area contributed by atoms with Gasteiger partial charge in [0, 0.05) is 18.5 Å². The third-order valence-corrected chi connectivity index (χ3v) is 2.17. The van der Waals surface area contributed by atoms with Crippen LogP contribution in [0.1, 0.15) is 11.4 Å². The average Bonchev–Trinajstić information content (AvgIpc) is 2.67. The highest BCUT2D eigenvalue weighted by atomic mass is 16.5. The lowest BCUT2D eigenvalue weighted by Crippen LogP contribution is -2.19. The van der Waals surface area contributed by atoms with Crippen LogP contribution >= 0.6 is 0 Å². The van der Waals surface area contributed by atoms with Crippen LogP contribution in [0.4, 0.5) is 0 Å². The van der Waals surface area contributed by atoms with Gasteiger partial charge in [-0.15, -0.1) is 6.58 Å². The Labute approximate surface area is 95.3 Å². The number of imidazole rings is 1. The number of ether oxygens (including phenoxy) is 1. The van der Waals surface area contributed by atoms with Crippen LogP contribution in [0.5, 0.6) is 0 Å². The van der Waals surface area contributed by atoms with E-state index >= 15 is 0 Å². The molecule has 1 rings (SSSR count). The fourth-order valence-corrected chi connectivity index (χ4v) is 1.46. The molecular formula is C11H19N3O2. The summed E-state index contributed by atoms with van der Waals surface area (Å²) in [6.45, 7) is 4.84. The maximum absolute atomic E-state index is 9.70. The summed E-state index contributed by atoms with van der Waals surface area (Å²) in [7, 11) is 0. The number of nitrogens with two attached hydrogens (primary N) is 1. The number of aliphatic hydroxyl groups is 1. The SMILES string of the molecule is C=CCOCC(O)Cc1[nH]cnc1CCN. The average molecular weight is 225 g/mol. The Morgan fingerprint density at radius 3 is 3.19 bits per heavy atom. The van der Waals surface area contributed by atoms with Gasteiger partial charge in [-0.05, 0) is 6.54 Å². The van der Waals surface area contributed by atoms with E-state index in [1.807, 2.05) is 0 Å². The van der Waals surface area contributed by atoms with Crippen LogP contribution < -0.4 is 5.73 Å². The van der Waals surface area contributed by atoms with E-state index in [0.717, 1.165) is 17.8 Å². The summed E-state index contributed by atoms with van der Waals surface area (Å²) in [4.78, 5) is 7.16. The van der Waals surface area contributed by atoms with Crippen molar-refractivity contribution in [1.82, 2.24) is 9.97 Å². The van der Waals surface area contributed by atoms with Crippen LogP contribution in [0.2, 0.25) is 0 Å². The number of hydrogen-bond donors (Lipinski definition) is 3. The van der Waals surface area contributed by atoms with Crippen molar-refractivity contribution in [1.29, 1.82) is 0 Å². The highest BCUT2D eigenvalue weighted by molar-refractivity contribution is 5.12. The van der Waals surface area contributed by atoms with Crippen LogP contribution in [0.15, 0.2) is 19.0 Å². The number of aliphatic hydroxyl groups excluding tert-OH is 1.